The number of nitrogens with zero attached hydrogens (tertiary/aromatic N) is 1. The molecule has 0 spiro atoms. The van der Waals surface area contributed by atoms with Crippen molar-refractivity contribution in [2.45, 2.75) is 38.5 Å². The molecule has 0 saturated carbocycles. The van der Waals surface area contributed by atoms with Crippen LogP contribution in [0, 0.1) is 0 Å². The Balaban J connectivity index is 1.91. The SMILES string of the molecule is O=C1NCCCC[C@@H]1N1Cc2c(CO)cccc2C1=O. The Bertz CT molecular complexity index is 556. The molecule has 1 aromatic carbocycles. The van der Waals surface area contributed by atoms with E-state index in [1.807, 2.05) is 6.07 Å². The van der Waals surface area contributed by atoms with Crippen LogP contribution >= 0.6 is 0 Å². The first-order valence-electron chi connectivity index (χ1n) is 7.02. The molecule has 1 fully saturated rings. The highest BCUT2D eigenvalue weighted by atomic mass is 16.3. The number of fused-ring (bicyclic) bond motifs is 1. The van der Waals surface area contributed by atoms with Gasteiger partial charge in [-0.3, -0.25) is 9.59 Å². The number of hydrogen-bond acceptors (Lipinski definition) is 3. The second kappa shape index (κ2) is 5.25. The molecule has 1 atom stereocenters. The molecule has 5 heteroatoms. The van der Waals surface area contributed by atoms with E-state index in [9.17, 15) is 14.7 Å². The van der Waals surface area contributed by atoms with Crippen LogP contribution < -0.4 is 5.32 Å². The van der Waals surface area contributed by atoms with Gasteiger partial charge in [0.05, 0.1) is 6.61 Å². The molecular weight excluding hydrogens is 256 g/mol. The van der Waals surface area contributed by atoms with Crippen LogP contribution in [0.3, 0.4) is 0 Å². The molecule has 0 aliphatic carbocycles. The lowest BCUT2D eigenvalue weighted by molar-refractivity contribution is -0.125. The minimum atomic E-state index is -0.385. The van der Waals surface area contributed by atoms with Gasteiger partial charge in [0.1, 0.15) is 6.04 Å². The number of benzene rings is 1. The van der Waals surface area contributed by atoms with E-state index < -0.39 is 0 Å². The summed E-state index contributed by atoms with van der Waals surface area (Å²) in [7, 11) is 0. The van der Waals surface area contributed by atoms with Crippen molar-refractivity contribution in [1.29, 1.82) is 0 Å². The molecule has 0 radical (unpaired) electrons. The summed E-state index contributed by atoms with van der Waals surface area (Å²) < 4.78 is 0. The lowest BCUT2D eigenvalue weighted by atomic mass is 10.0. The van der Waals surface area contributed by atoms with Crippen molar-refractivity contribution in [3.8, 4) is 0 Å². The van der Waals surface area contributed by atoms with Crippen LogP contribution in [0.2, 0.25) is 0 Å². The Morgan fingerprint density at radius 2 is 2.15 bits per heavy atom. The molecule has 106 valence electrons. The second-order valence-electron chi connectivity index (χ2n) is 5.34. The minimum Gasteiger partial charge on any atom is -0.392 e. The maximum absolute atomic E-state index is 12.5. The predicted octanol–water partition coefficient (Wildman–Crippen LogP) is 0.803. The van der Waals surface area contributed by atoms with Gasteiger partial charge in [0.25, 0.3) is 5.91 Å². The Labute approximate surface area is 117 Å². The predicted molar refractivity (Wildman–Crippen MR) is 72.9 cm³/mol. The van der Waals surface area contributed by atoms with Crippen molar-refractivity contribution in [3.05, 3.63) is 34.9 Å². The molecule has 1 saturated heterocycles. The summed E-state index contributed by atoms with van der Waals surface area (Å²) in [5.41, 5.74) is 2.25. The molecule has 2 N–H and O–H groups in total. The zero-order chi connectivity index (χ0) is 14.1. The van der Waals surface area contributed by atoms with Crippen molar-refractivity contribution in [3.63, 3.8) is 0 Å². The molecule has 3 rings (SSSR count). The number of rotatable bonds is 2. The number of carbonyl (C=O) groups excluding carboxylic acids is 2. The van der Waals surface area contributed by atoms with Crippen molar-refractivity contribution in [2.75, 3.05) is 6.54 Å². The largest absolute Gasteiger partial charge is 0.392 e. The van der Waals surface area contributed by atoms with E-state index in [-0.39, 0.29) is 24.5 Å². The fourth-order valence-corrected chi connectivity index (χ4v) is 3.04. The van der Waals surface area contributed by atoms with Crippen molar-refractivity contribution < 1.29 is 14.7 Å². The van der Waals surface area contributed by atoms with E-state index in [1.54, 1.807) is 17.0 Å². The van der Waals surface area contributed by atoms with E-state index in [0.717, 1.165) is 24.0 Å². The summed E-state index contributed by atoms with van der Waals surface area (Å²) >= 11 is 0. The highest BCUT2D eigenvalue weighted by Crippen LogP contribution is 2.29. The molecule has 2 heterocycles. The summed E-state index contributed by atoms with van der Waals surface area (Å²) in [4.78, 5) is 26.2. The molecule has 0 aromatic heterocycles. The minimum absolute atomic E-state index is 0.0609. The first-order valence-corrected chi connectivity index (χ1v) is 7.02. The number of carbonyl (C=O) groups is 2. The molecule has 20 heavy (non-hydrogen) atoms. The molecule has 5 nitrogen and oxygen atoms in total. The Hall–Kier alpha value is -1.88. The molecule has 2 aliphatic heterocycles. The summed E-state index contributed by atoms with van der Waals surface area (Å²) in [5, 5.41) is 12.2. The molecule has 2 amide bonds. The lowest BCUT2D eigenvalue weighted by Gasteiger charge is -2.25. The zero-order valence-electron chi connectivity index (χ0n) is 11.3. The van der Waals surface area contributed by atoms with Gasteiger partial charge in [-0.25, -0.2) is 0 Å². The fraction of sp³-hybridized carbons (Fsp3) is 0.467. The van der Waals surface area contributed by atoms with Crippen molar-refractivity contribution in [2.24, 2.45) is 0 Å². The number of nitrogens with one attached hydrogen (secondary N) is 1. The highest BCUT2D eigenvalue weighted by molar-refractivity contribution is 6.01. The van der Waals surface area contributed by atoms with Gasteiger partial charge in [-0.1, -0.05) is 12.1 Å². The summed E-state index contributed by atoms with van der Waals surface area (Å²) in [5.74, 6) is -0.161. The summed E-state index contributed by atoms with van der Waals surface area (Å²) in [6, 6.07) is 4.98. The standard InChI is InChI=1S/C15H18N2O3/c18-9-10-4-3-5-11-12(10)8-17(15(11)20)13-6-1-2-7-16-14(13)19/h3-5,13,18H,1-2,6-9H2,(H,16,19)/t13-/m0/s1. The van der Waals surface area contributed by atoms with Gasteiger partial charge in [0.2, 0.25) is 5.91 Å². The maximum atomic E-state index is 12.5. The van der Waals surface area contributed by atoms with Gasteiger partial charge >= 0.3 is 0 Å². The Morgan fingerprint density at radius 1 is 1.30 bits per heavy atom. The molecule has 2 aliphatic rings. The summed E-state index contributed by atoms with van der Waals surface area (Å²) in [6.07, 6.45) is 2.61. The van der Waals surface area contributed by atoms with E-state index in [4.69, 9.17) is 0 Å². The maximum Gasteiger partial charge on any atom is 0.255 e. The van der Waals surface area contributed by atoms with Crippen LogP contribution in [0.5, 0.6) is 0 Å². The number of hydrogen-bond donors (Lipinski definition) is 2. The normalized spacial score (nSPS) is 22.4. The van der Waals surface area contributed by atoms with Crippen LogP contribution in [-0.2, 0) is 17.9 Å². The second-order valence-corrected chi connectivity index (χ2v) is 5.34. The smallest absolute Gasteiger partial charge is 0.255 e. The van der Waals surface area contributed by atoms with Crippen LogP contribution in [0.25, 0.3) is 0 Å². The number of amides is 2. The van der Waals surface area contributed by atoms with E-state index in [1.165, 1.54) is 0 Å². The third-order valence-electron chi connectivity index (χ3n) is 4.15. The van der Waals surface area contributed by atoms with Gasteiger partial charge < -0.3 is 15.3 Å². The van der Waals surface area contributed by atoms with Gasteiger partial charge in [0, 0.05) is 18.7 Å². The zero-order valence-corrected chi connectivity index (χ0v) is 11.3. The molecular formula is C15H18N2O3. The van der Waals surface area contributed by atoms with Crippen LogP contribution in [-0.4, -0.2) is 34.4 Å². The average Bonchev–Trinajstić information content (AvgIpc) is 2.65. The van der Waals surface area contributed by atoms with Crippen molar-refractivity contribution in [1.82, 2.24) is 10.2 Å². The van der Waals surface area contributed by atoms with Crippen LogP contribution in [0.4, 0.5) is 0 Å². The van der Waals surface area contributed by atoms with Crippen LogP contribution in [0.1, 0.15) is 40.7 Å². The average molecular weight is 274 g/mol. The first-order chi connectivity index (χ1) is 9.72. The van der Waals surface area contributed by atoms with E-state index >= 15 is 0 Å². The third kappa shape index (κ3) is 2.08. The van der Waals surface area contributed by atoms with Crippen LogP contribution in [0.15, 0.2) is 18.2 Å². The topological polar surface area (TPSA) is 69.6 Å². The van der Waals surface area contributed by atoms with E-state index in [2.05, 4.69) is 5.32 Å². The Kier molecular flexibility index (Phi) is 3.44. The van der Waals surface area contributed by atoms with Gasteiger partial charge in [-0.15, -0.1) is 0 Å². The quantitative estimate of drug-likeness (QED) is 0.838. The first kappa shape index (κ1) is 13.1. The van der Waals surface area contributed by atoms with Crippen molar-refractivity contribution >= 4 is 11.8 Å². The molecule has 0 unspecified atom stereocenters. The third-order valence-corrected chi connectivity index (χ3v) is 4.15. The number of aliphatic hydroxyl groups is 1. The molecule has 1 aromatic rings. The monoisotopic (exact) mass is 274 g/mol. The van der Waals surface area contributed by atoms with Gasteiger partial charge in [-0.2, -0.15) is 0 Å². The fourth-order valence-electron chi connectivity index (χ4n) is 3.04. The van der Waals surface area contributed by atoms with Gasteiger partial charge in [0.15, 0.2) is 0 Å². The van der Waals surface area contributed by atoms with Gasteiger partial charge in [-0.05, 0) is 36.5 Å². The lowest BCUT2D eigenvalue weighted by Crippen LogP contribution is -2.45. The van der Waals surface area contributed by atoms with E-state index in [0.29, 0.717) is 25.1 Å². The number of aliphatic hydroxyl groups excluding tert-OH is 1. The summed E-state index contributed by atoms with van der Waals surface area (Å²) in [6.45, 7) is 1.02. The Morgan fingerprint density at radius 3 is 2.95 bits per heavy atom. The molecule has 0 bridgehead atoms. The highest BCUT2D eigenvalue weighted by Gasteiger charge is 2.37.